The molecule has 0 aliphatic heterocycles. The Morgan fingerprint density at radius 2 is 2.13 bits per heavy atom. The standard InChI is InChI=1S/C12H16BrNO/c1-8-5-11(15-2)10(13)6-9(8)12(7-14)3-4-12/h5-6H,3-4,7,14H2,1-2H3. The molecule has 0 radical (unpaired) electrons. The Hall–Kier alpha value is -0.540. The highest BCUT2D eigenvalue weighted by Gasteiger charge is 2.43. The molecule has 1 fully saturated rings. The lowest BCUT2D eigenvalue weighted by Gasteiger charge is -2.17. The molecule has 0 aromatic heterocycles. The number of benzene rings is 1. The molecular formula is C12H16BrNO. The largest absolute Gasteiger partial charge is 0.496 e. The Morgan fingerprint density at radius 1 is 1.47 bits per heavy atom. The molecule has 1 aliphatic rings. The van der Waals surface area contributed by atoms with Crippen molar-refractivity contribution in [2.45, 2.75) is 25.2 Å². The van der Waals surface area contributed by atoms with Gasteiger partial charge in [-0.15, -0.1) is 0 Å². The summed E-state index contributed by atoms with van der Waals surface area (Å²) in [7, 11) is 1.69. The van der Waals surface area contributed by atoms with E-state index in [9.17, 15) is 0 Å². The van der Waals surface area contributed by atoms with E-state index in [1.165, 1.54) is 24.0 Å². The smallest absolute Gasteiger partial charge is 0.133 e. The maximum atomic E-state index is 5.84. The highest BCUT2D eigenvalue weighted by atomic mass is 79.9. The van der Waals surface area contributed by atoms with Gasteiger partial charge in [0.25, 0.3) is 0 Å². The summed E-state index contributed by atoms with van der Waals surface area (Å²) in [5.41, 5.74) is 8.74. The molecule has 0 heterocycles. The third-order valence-corrected chi connectivity index (χ3v) is 3.93. The molecule has 3 heteroatoms. The number of hydrogen-bond donors (Lipinski definition) is 1. The number of hydrogen-bond acceptors (Lipinski definition) is 2. The van der Waals surface area contributed by atoms with Gasteiger partial charge in [-0.3, -0.25) is 0 Å². The second-order valence-corrected chi connectivity index (χ2v) is 5.14. The number of aryl methyl sites for hydroxylation is 1. The van der Waals surface area contributed by atoms with Crippen molar-refractivity contribution in [3.63, 3.8) is 0 Å². The first kappa shape index (κ1) is 11.0. The minimum absolute atomic E-state index is 0.249. The quantitative estimate of drug-likeness (QED) is 0.916. The first-order valence-electron chi connectivity index (χ1n) is 5.17. The molecule has 0 bridgehead atoms. The van der Waals surface area contributed by atoms with Crippen LogP contribution in [0.25, 0.3) is 0 Å². The second-order valence-electron chi connectivity index (χ2n) is 4.29. The first-order chi connectivity index (χ1) is 7.13. The topological polar surface area (TPSA) is 35.2 Å². The Morgan fingerprint density at radius 3 is 2.60 bits per heavy atom. The minimum atomic E-state index is 0.249. The third-order valence-electron chi connectivity index (χ3n) is 3.31. The van der Waals surface area contributed by atoms with E-state index in [-0.39, 0.29) is 5.41 Å². The van der Waals surface area contributed by atoms with Gasteiger partial charge in [0.1, 0.15) is 5.75 Å². The van der Waals surface area contributed by atoms with Gasteiger partial charge in [-0.1, -0.05) is 0 Å². The third kappa shape index (κ3) is 1.79. The zero-order chi connectivity index (χ0) is 11.1. The van der Waals surface area contributed by atoms with Crippen LogP contribution in [0.1, 0.15) is 24.0 Å². The average molecular weight is 270 g/mol. The lowest BCUT2D eigenvalue weighted by atomic mass is 9.92. The van der Waals surface area contributed by atoms with E-state index in [0.29, 0.717) is 0 Å². The molecule has 0 saturated heterocycles. The molecule has 82 valence electrons. The van der Waals surface area contributed by atoms with Gasteiger partial charge in [0.05, 0.1) is 11.6 Å². The van der Waals surface area contributed by atoms with Crippen LogP contribution in [0, 0.1) is 6.92 Å². The molecular weight excluding hydrogens is 254 g/mol. The molecule has 0 atom stereocenters. The molecule has 2 rings (SSSR count). The van der Waals surface area contributed by atoms with Crippen molar-refractivity contribution >= 4 is 15.9 Å². The predicted octanol–water partition coefficient (Wildman–Crippen LogP) is 2.76. The normalized spacial score (nSPS) is 17.6. The van der Waals surface area contributed by atoms with Gasteiger partial charge in [-0.25, -0.2) is 0 Å². The number of methoxy groups -OCH3 is 1. The van der Waals surface area contributed by atoms with E-state index in [2.05, 4.69) is 35.0 Å². The number of ether oxygens (including phenoxy) is 1. The molecule has 2 N–H and O–H groups in total. The molecule has 1 saturated carbocycles. The Labute approximate surface area is 98.9 Å². The van der Waals surface area contributed by atoms with Crippen LogP contribution >= 0.6 is 15.9 Å². The van der Waals surface area contributed by atoms with Crippen LogP contribution in [-0.2, 0) is 5.41 Å². The van der Waals surface area contributed by atoms with E-state index in [0.717, 1.165) is 16.8 Å². The van der Waals surface area contributed by atoms with Gasteiger partial charge in [0, 0.05) is 12.0 Å². The van der Waals surface area contributed by atoms with Crippen LogP contribution in [0.4, 0.5) is 0 Å². The number of halogens is 1. The molecule has 0 amide bonds. The summed E-state index contributed by atoms with van der Waals surface area (Å²) in [6.45, 7) is 2.87. The van der Waals surface area contributed by atoms with Gasteiger partial charge >= 0.3 is 0 Å². The van der Waals surface area contributed by atoms with Crippen LogP contribution in [0.15, 0.2) is 16.6 Å². The van der Waals surface area contributed by atoms with Crippen molar-refractivity contribution in [1.29, 1.82) is 0 Å². The van der Waals surface area contributed by atoms with Crippen LogP contribution < -0.4 is 10.5 Å². The fourth-order valence-corrected chi connectivity index (χ4v) is 2.62. The van der Waals surface area contributed by atoms with E-state index in [4.69, 9.17) is 10.5 Å². The van der Waals surface area contributed by atoms with E-state index in [1.807, 2.05) is 0 Å². The SMILES string of the molecule is COc1cc(C)c(C2(CN)CC2)cc1Br. The summed E-state index contributed by atoms with van der Waals surface area (Å²) >= 11 is 3.53. The monoisotopic (exact) mass is 269 g/mol. The summed E-state index contributed by atoms with van der Waals surface area (Å²) in [6.07, 6.45) is 2.42. The summed E-state index contributed by atoms with van der Waals surface area (Å²) in [4.78, 5) is 0. The maximum Gasteiger partial charge on any atom is 0.133 e. The van der Waals surface area contributed by atoms with Gasteiger partial charge in [0.15, 0.2) is 0 Å². The van der Waals surface area contributed by atoms with Crippen molar-refractivity contribution in [1.82, 2.24) is 0 Å². The highest BCUT2D eigenvalue weighted by molar-refractivity contribution is 9.10. The van der Waals surface area contributed by atoms with E-state index in [1.54, 1.807) is 7.11 Å². The van der Waals surface area contributed by atoms with Crippen molar-refractivity contribution < 1.29 is 4.74 Å². The van der Waals surface area contributed by atoms with Crippen molar-refractivity contribution in [3.8, 4) is 5.75 Å². The zero-order valence-electron chi connectivity index (χ0n) is 9.14. The minimum Gasteiger partial charge on any atom is -0.496 e. The Kier molecular flexibility index (Phi) is 2.77. The van der Waals surface area contributed by atoms with Crippen molar-refractivity contribution in [2.75, 3.05) is 13.7 Å². The summed E-state index contributed by atoms with van der Waals surface area (Å²) < 4.78 is 6.29. The number of nitrogens with two attached hydrogens (primary N) is 1. The first-order valence-corrected chi connectivity index (χ1v) is 5.97. The highest BCUT2D eigenvalue weighted by Crippen LogP contribution is 2.49. The predicted molar refractivity (Wildman–Crippen MR) is 65.4 cm³/mol. The van der Waals surface area contributed by atoms with Crippen LogP contribution in [0.3, 0.4) is 0 Å². The summed E-state index contributed by atoms with van der Waals surface area (Å²) in [6, 6.07) is 4.24. The van der Waals surface area contributed by atoms with Gasteiger partial charge < -0.3 is 10.5 Å². The Balaban J connectivity index is 2.45. The lowest BCUT2D eigenvalue weighted by Crippen LogP contribution is -2.20. The fraction of sp³-hybridized carbons (Fsp3) is 0.500. The second kappa shape index (κ2) is 3.80. The summed E-state index contributed by atoms with van der Waals surface area (Å²) in [5.74, 6) is 0.893. The number of rotatable bonds is 3. The van der Waals surface area contributed by atoms with Gasteiger partial charge in [0.2, 0.25) is 0 Å². The van der Waals surface area contributed by atoms with Crippen molar-refractivity contribution in [3.05, 3.63) is 27.7 Å². The average Bonchev–Trinajstić information content (AvgIpc) is 3.01. The Bertz CT molecular complexity index is 385. The van der Waals surface area contributed by atoms with Crippen molar-refractivity contribution in [2.24, 2.45) is 5.73 Å². The van der Waals surface area contributed by atoms with Crippen LogP contribution in [0.2, 0.25) is 0 Å². The molecule has 1 aromatic carbocycles. The molecule has 0 spiro atoms. The van der Waals surface area contributed by atoms with E-state index >= 15 is 0 Å². The summed E-state index contributed by atoms with van der Waals surface area (Å²) in [5, 5.41) is 0. The maximum absolute atomic E-state index is 5.84. The lowest BCUT2D eigenvalue weighted by molar-refractivity contribution is 0.411. The van der Waals surface area contributed by atoms with Crippen LogP contribution in [-0.4, -0.2) is 13.7 Å². The molecule has 1 aromatic rings. The molecule has 1 aliphatic carbocycles. The van der Waals surface area contributed by atoms with Crippen LogP contribution in [0.5, 0.6) is 5.75 Å². The molecule has 0 unspecified atom stereocenters. The molecule has 2 nitrogen and oxygen atoms in total. The van der Waals surface area contributed by atoms with Gasteiger partial charge in [-0.05, 0) is 59.0 Å². The van der Waals surface area contributed by atoms with E-state index < -0.39 is 0 Å². The molecule has 15 heavy (non-hydrogen) atoms. The van der Waals surface area contributed by atoms with Gasteiger partial charge in [-0.2, -0.15) is 0 Å². The fourth-order valence-electron chi connectivity index (χ4n) is 2.12. The zero-order valence-corrected chi connectivity index (χ0v) is 10.7.